The van der Waals surface area contributed by atoms with Gasteiger partial charge in [0.25, 0.3) is 11.8 Å². The van der Waals surface area contributed by atoms with Gasteiger partial charge in [0.1, 0.15) is 5.82 Å². The van der Waals surface area contributed by atoms with Crippen molar-refractivity contribution in [3.63, 3.8) is 0 Å². The summed E-state index contributed by atoms with van der Waals surface area (Å²) in [7, 11) is 2.35. The first kappa shape index (κ1) is 28.5. The lowest BCUT2D eigenvalue weighted by molar-refractivity contribution is 0.0491. The third-order valence-corrected chi connectivity index (χ3v) is 7.98. The molecule has 2 fully saturated rings. The molecule has 0 radical (unpaired) electrons. The summed E-state index contributed by atoms with van der Waals surface area (Å²) in [4.78, 5) is 27.4. The van der Waals surface area contributed by atoms with Crippen LogP contribution in [0, 0.1) is 22.9 Å². The van der Waals surface area contributed by atoms with Crippen LogP contribution in [0.3, 0.4) is 0 Å². The van der Waals surface area contributed by atoms with Crippen LogP contribution < -0.4 is 14.8 Å². The second-order valence-corrected chi connectivity index (χ2v) is 10.5. The highest BCUT2D eigenvalue weighted by Crippen LogP contribution is 2.42. The Balaban J connectivity index is 1.15. The molecule has 2 aliphatic heterocycles. The van der Waals surface area contributed by atoms with Crippen LogP contribution >= 0.6 is 0 Å². The molecule has 2 amide bonds. The normalized spacial score (nSPS) is 17.9. The first-order valence-electron chi connectivity index (χ1n) is 13.4. The van der Waals surface area contributed by atoms with E-state index in [1.807, 2.05) is 18.2 Å². The predicted octanol–water partition coefficient (Wildman–Crippen LogP) is 5.23. The minimum absolute atomic E-state index is 0.174. The molecule has 3 aromatic carbocycles. The van der Waals surface area contributed by atoms with Gasteiger partial charge in [-0.1, -0.05) is 36.4 Å². The lowest BCUT2D eigenvalue weighted by atomic mass is 9.76. The maximum atomic E-state index is 14.9. The van der Waals surface area contributed by atoms with Gasteiger partial charge in [-0.2, -0.15) is 4.39 Å². The molecule has 2 heterocycles. The number of likely N-dealkylation sites (tertiary alicyclic amines) is 1. The quantitative estimate of drug-likeness (QED) is 0.423. The molecule has 7 nitrogen and oxygen atoms in total. The van der Waals surface area contributed by atoms with Crippen LogP contribution in [0.2, 0.25) is 0 Å². The summed E-state index contributed by atoms with van der Waals surface area (Å²) in [6, 6.07) is 14.6. The number of nitrogens with zero attached hydrogens (tertiary/aromatic N) is 1. The average molecular weight is 569 g/mol. The first-order valence-corrected chi connectivity index (χ1v) is 13.4. The number of rotatable bonds is 7. The van der Waals surface area contributed by atoms with Gasteiger partial charge in [0.15, 0.2) is 17.3 Å². The van der Waals surface area contributed by atoms with Crippen LogP contribution in [-0.2, 0) is 4.74 Å². The summed E-state index contributed by atoms with van der Waals surface area (Å²) >= 11 is 0. The molecule has 1 unspecified atom stereocenters. The van der Waals surface area contributed by atoms with E-state index in [-0.39, 0.29) is 40.8 Å². The van der Waals surface area contributed by atoms with Crippen molar-refractivity contribution in [1.82, 2.24) is 10.2 Å². The van der Waals surface area contributed by atoms with E-state index in [9.17, 15) is 22.8 Å². The topological polar surface area (TPSA) is 77.1 Å². The fourth-order valence-electron chi connectivity index (χ4n) is 5.62. The standard InChI is InChI=1S/C31H31F3N2O5/c1-39-25-15-23(26(33)28(40-2)27(25)34)30(38)36-12-10-31(11-13-36)16-21(41-18-31)17-35-29(37)20-8-9-22(24(32)14-20)19-6-4-3-5-7-19/h3-9,14-15,21H,10-13,16-18H2,1-2H3,(H,35,37). The van der Waals surface area contributed by atoms with Gasteiger partial charge >= 0.3 is 0 Å². The fourth-order valence-corrected chi connectivity index (χ4v) is 5.62. The highest BCUT2D eigenvalue weighted by atomic mass is 19.1. The summed E-state index contributed by atoms with van der Waals surface area (Å²) in [5, 5.41) is 2.84. The van der Waals surface area contributed by atoms with E-state index in [1.165, 1.54) is 18.1 Å². The zero-order valence-corrected chi connectivity index (χ0v) is 22.8. The van der Waals surface area contributed by atoms with Crippen molar-refractivity contribution in [3.8, 4) is 22.6 Å². The van der Waals surface area contributed by atoms with Gasteiger partial charge < -0.3 is 24.4 Å². The Morgan fingerprint density at radius 2 is 1.73 bits per heavy atom. The van der Waals surface area contributed by atoms with Gasteiger partial charge in [-0.25, -0.2) is 8.78 Å². The Morgan fingerprint density at radius 1 is 1.00 bits per heavy atom. The molecule has 41 heavy (non-hydrogen) atoms. The minimum Gasteiger partial charge on any atom is -0.494 e. The molecular weight excluding hydrogens is 537 g/mol. The molecule has 0 bridgehead atoms. The Morgan fingerprint density at radius 3 is 2.39 bits per heavy atom. The summed E-state index contributed by atoms with van der Waals surface area (Å²) < 4.78 is 59.6. The molecule has 1 N–H and O–H groups in total. The monoisotopic (exact) mass is 568 g/mol. The number of hydrogen-bond donors (Lipinski definition) is 1. The Labute approximate surface area is 236 Å². The molecule has 3 aromatic rings. The van der Waals surface area contributed by atoms with E-state index in [1.54, 1.807) is 24.3 Å². The van der Waals surface area contributed by atoms with Crippen molar-refractivity contribution in [2.24, 2.45) is 5.41 Å². The third kappa shape index (κ3) is 5.74. The number of benzene rings is 3. The molecule has 216 valence electrons. The van der Waals surface area contributed by atoms with E-state index in [0.29, 0.717) is 44.5 Å². The number of nitrogens with one attached hydrogen (secondary N) is 1. The van der Waals surface area contributed by atoms with E-state index < -0.39 is 29.1 Å². The number of carbonyl (C=O) groups is 2. The molecule has 0 saturated carbocycles. The smallest absolute Gasteiger partial charge is 0.257 e. The second-order valence-electron chi connectivity index (χ2n) is 10.5. The van der Waals surface area contributed by atoms with E-state index in [2.05, 4.69) is 5.32 Å². The van der Waals surface area contributed by atoms with Crippen molar-refractivity contribution in [3.05, 3.63) is 83.2 Å². The van der Waals surface area contributed by atoms with E-state index in [0.717, 1.165) is 18.7 Å². The molecule has 5 rings (SSSR count). The Kier molecular flexibility index (Phi) is 8.21. The van der Waals surface area contributed by atoms with Crippen LogP contribution in [0.5, 0.6) is 11.5 Å². The number of carbonyl (C=O) groups excluding carboxylic acids is 2. The van der Waals surface area contributed by atoms with Crippen molar-refractivity contribution in [2.45, 2.75) is 25.4 Å². The molecule has 2 aliphatic rings. The zero-order chi connectivity index (χ0) is 29.1. The maximum absolute atomic E-state index is 14.9. The molecule has 0 aliphatic carbocycles. The molecule has 0 aromatic heterocycles. The molecule has 1 atom stereocenters. The van der Waals surface area contributed by atoms with Crippen LogP contribution in [-0.4, -0.2) is 63.3 Å². The fraction of sp³-hybridized carbons (Fsp3) is 0.355. The SMILES string of the molecule is COc1cc(C(=O)N2CCC3(CC2)COC(CNC(=O)c2ccc(-c4ccccc4)c(F)c2)C3)c(F)c(OC)c1F. The maximum Gasteiger partial charge on any atom is 0.257 e. The summed E-state index contributed by atoms with van der Waals surface area (Å²) in [6.45, 7) is 1.49. The average Bonchev–Trinajstić information content (AvgIpc) is 3.38. The van der Waals surface area contributed by atoms with Crippen LogP contribution in [0.15, 0.2) is 54.6 Å². The predicted molar refractivity (Wildman–Crippen MR) is 146 cm³/mol. The van der Waals surface area contributed by atoms with Crippen molar-refractivity contribution >= 4 is 11.8 Å². The van der Waals surface area contributed by atoms with Crippen LogP contribution in [0.25, 0.3) is 11.1 Å². The first-order chi connectivity index (χ1) is 19.7. The Hall–Kier alpha value is -4.05. The van der Waals surface area contributed by atoms with Gasteiger partial charge in [0.05, 0.1) is 32.5 Å². The van der Waals surface area contributed by atoms with Gasteiger partial charge in [-0.15, -0.1) is 0 Å². The second kappa shape index (κ2) is 11.8. The van der Waals surface area contributed by atoms with Crippen molar-refractivity contribution < 1.29 is 37.0 Å². The summed E-state index contributed by atoms with van der Waals surface area (Å²) in [5.74, 6) is -4.43. The van der Waals surface area contributed by atoms with E-state index in [4.69, 9.17) is 14.2 Å². The van der Waals surface area contributed by atoms with Gasteiger partial charge in [-0.3, -0.25) is 9.59 Å². The van der Waals surface area contributed by atoms with Gasteiger partial charge in [-0.05, 0) is 48.4 Å². The van der Waals surface area contributed by atoms with Gasteiger partial charge in [0.2, 0.25) is 5.82 Å². The van der Waals surface area contributed by atoms with Crippen molar-refractivity contribution in [1.29, 1.82) is 0 Å². The van der Waals surface area contributed by atoms with Crippen molar-refractivity contribution in [2.75, 3.05) is 40.5 Å². The Bertz CT molecular complexity index is 1440. The molecule has 10 heteroatoms. The van der Waals surface area contributed by atoms with Crippen LogP contribution in [0.4, 0.5) is 13.2 Å². The van der Waals surface area contributed by atoms with Crippen LogP contribution in [0.1, 0.15) is 40.0 Å². The lowest BCUT2D eigenvalue weighted by Gasteiger charge is -2.38. The summed E-state index contributed by atoms with van der Waals surface area (Å²) in [5.41, 5.74) is 0.896. The minimum atomic E-state index is -1.06. The number of amides is 2. The number of methoxy groups -OCH3 is 2. The number of ether oxygens (including phenoxy) is 3. The van der Waals surface area contributed by atoms with E-state index >= 15 is 0 Å². The molecule has 1 spiro atoms. The number of piperidine rings is 1. The number of hydrogen-bond acceptors (Lipinski definition) is 5. The number of halogens is 3. The molecular formula is C31H31F3N2O5. The molecule has 2 saturated heterocycles. The zero-order valence-electron chi connectivity index (χ0n) is 22.8. The highest BCUT2D eigenvalue weighted by molar-refractivity contribution is 5.96. The van der Waals surface area contributed by atoms with Gasteiger partial charge in [0, 0.05) is 30.8 Å². The summed E-state index contributed by atoms with van der Waals surface area (Å²) in [6.07, 6.45) is 1.72. The lowest BCUT2D eigenvalue weighted by Crippen LogP contribution is -2.44. The third-order valence-electron chi connectivity index (χ3n) is 7.98. The largest absolute Gasteiger partial charge is 0.494 e. The highest BCUT2D eigenvalue weighted by Gasteiger charge is 2.43.